The van der Waals surface area contributed by atoms with Gasteiger partial charge < -0.3 is 10.4 Å². The Balaban J connectivity index is 1.20. The van der Waals surface area contributed by atoms with E-state index in [0.717, 1.165) is 68.9 Å². The zero-order chi connectivity index (χ0) is 24.9. The first kappa shape index (κ1) is 24.4. The zero-order valence-corrected chi connectivity index (χ0v) is 21.0. The highest BCUT2D eigenvalue weighted by atomic mass is 16.3. The van der Waals surface area contributed by atoms with E-state index in [1.807, 2.05) is 12.1 Å². The van der Waals surface area contributed by atoms with Crippen molar-refractivity contribution < 1.29 is 9.90 Å². The summed E-state index contributed by atoms with van der Waals surface area (Å²) in [4.78, 5) is 17.8. The minimum atomic E-state index is -0.0193. The van der Waals surface area contributed by atoms with Gasteiger partial charge in [0.25, 0.3) is 5.91 Å². The summed E-state index contributed by atoms with van der Waals surface area (Å²) in [7, 11) is 0. The van der Waals surface area contributed by atoms with E-state index in [0.29, 0.717) is 0 Å². The van der Waals surface area contributed by atoms with E-state index in [1.54, 1.807) is 0 Å². The Morgan fingerprint density at radius 3 is 2.28 bits per heavy atom. The highest BCUT2D eigenvalue weighted by Gasteiger charge is 2.18. The quantitative estimate of drug-likeness (QED) is 0.512. The molecular weight excluding hydrogens is 446 g/mol. The van der Waals surface area contributed by atoms with Crippen molar-refractivity contribution in [2.24, 2.45) is 0 Å². The first-order valence-corrected chi connectivity index (χ1v) is 12.9. The third-order valence-electron chi connectivity index (χ3n) is 7.31. The number of anilines is 1. The van der Waals surface area contributed by atoms with Crippen molar-refractivity contribution in [2.45, 2.75) is 26.3 Å². The molecule has 3 aromatic carbocycles. The number of carbonyl (C=O) groups excluding carboxylic acids is 1. The van der Waals surface area contributed by atoms with Crippen molar-refractivity contribution >= 4 is 17.7 Å². The van der Waals surface area contributed by atoms with E-state index < -0.39 is 0 Å². The van der Waals surface area contributed by atoms with Crippen molar-refractivity contribution in [1.29, 1.82) is 0 Å². The summed E-state index contributed by atoms with van der Waals surface area (Å²) in [5.74, 6) is -0.0193. The van der Waals surface area contributed by atoms with Crippen LogP contribution in [0.1, 0.15) is 28.7 Å². The second-order valence-corrected chi connectivity index (χ2v) is 9.94. The number of piperazine rings is 1. The van der Waals surface area contributed by atoms with Crippen molar-refractivity contribution in [3.05, 3.63) is 94.6 Å². The zero-order valence-electron chi connectivity index (χ0n) is 21.0. The highest BCUT2D eigenvalue weighted by Crippen LogP contribution is 2.30. The van der Waals surface area contributed by atoms with Crippen molar-refractivity contribution in [2.75, 3.05) is 44.6 Å². The van der Waals surface area contributed by atoms with Gasteiger partial charge in [-0.1, -0.05) is 54.1 Å². The SMILES string of the molecule is Cc1ccc(-c2ccc3c(c2)C=C(C(=O)Nc2ccc(CN4CCN(CCO)CC4)cc2)CC3)cc1. The Bertz CT molecular complexity index is 1220. The third-order valence-corrected chi connectivity index (χ3v) is 7.31. The minimum Gasteiger partial charge on any atom is -0.395 e. The molecule has 1 aliphatic carbocycles. The second kappa shape index (κ2) is 11.2. The van der Waals surface area contributed by atoms with Gasteiger partial charge in [0.15, 0.2) is 0 Å². The molecule has 0 saturated carbocycles. The lowest BCUT2D eigenvalue weighted by Crippen LogP contribution is -2.46. The lowest BCUT2D eigenvalue weighted by Gasteiger charge is -2.34. The number of benzene rings is 3. The lowest BCUT2D eigenvalue weighted by molar-refractivity contribution is -0.112. The fourth-order valence-electron chi connectivity index (χ4n) is 5.07. The Kier molecular flexibility index (Phi) is 7.61. The maximum absolute atomic E-state index is 13.0. The predicted molar refractivity (Wildman–Crippen MR) is 147 cm³/mol. The number of aliphatic hydroxyl groups excluding tert-OH is 1. The standard InChI is InChI=1S/C31H35N3O2/c1-23-2-6-25(7-3-23)27-10-8-26-9-11-28(21-29(26)20-27)31(36)32-30-12-4-24(5-13-30)22-34-16-14-33(15-17-34)18-19-35/h2-8,10,12-13,20-21,35H,9,11,14-19,22H2,1H3,(H,32,36). The van der Waals surface area contributed by atoms with Gasteiger partial charge >= 0.3 is 0 Å². The Morgan fingerprint density at radius 2 is 1.56 bits per heavy atom. The van der Waals surface area contributed by atoms with Crippen LogP contribution in [-0.2, 0) is 17.8 Å². The van der Waals surface area contributed by atoms with Crippen molar-refractivity contribution in [3.63, 3.8) is 0 Å². The summed E-state index contributed by atoms with van der Waals surface area (Å²) in [6.07, 6.45) is 3.69. The molecule has 1 fully saturated rings. The molecule has 2 aliphatic rings. The van der Waals surface area contributed by atoms with Gasteiger partial charge in [0, 0.05) is 50.5 Å². The summed E-state index contributed by atoms with van der Waals surface area (Å²) < 4.78 is 0. The first-order valence-electron chi connectivity index (χ1n) is 12.9. The molecule has 186 valence electrons. The van der Waals surface area contributed by atoms with Crippen LogP contribution in [-0.4, -0.2) is 60.1 Å². The number of hydrogen-bond donors (Lipinski definition) is 2. The Labute approximate surface area is 214 Å². The number of nitrogens with one attached hydrogen (secondary N) is 1. The van der Waals surface area contributed by atoms with E-state index in [9.17, 15) is 4.79 Å². The molecule has 36 heavy (non-hydrogen) atoms. The van der Waals surface area contributed by atoms with E-state index >= 15 is 0 Å². The molecule has 0 spiro atoms. The maximum Gasteiger partial charge on any atom is 0.251 e. The van der Waals surface area contributed by atoms with Crippen LogP contribution >= 0.6 is 0 Å². The molecule has 5 rings (SSSR count). The number of fused-ring (bicyclic) bond motifs is 1. The second-order valence-electron chi connectivity index (χ2n) is 9.94. The Morgan fingerprint density at radius 1 is 0.861 bits per heavy atom. The van der Waals surface area contributed by atoms with E-state index in [-0.39, 0.29) is 12.5 Å². The number of carbonyl (C=O) groups is 1. The lowest BCUT2D eigenvalue weighted by atomic mass is 9.89. The van der Waals surface area contributed by atoms with Gasteiger partial charge in [-0.25, -0.2) is 0 Å². The summed E-state index contributed by atoms with van der Waals surface area (Å²) in [5, 5.41) is 12.2. The molecule has 0 unspecified atom stereocenters. The van der Waals surface area contributed by atoms with Crippen LogP contribution < -0.4 is 5.32 Å². The first-order chi connectivity index (χ1) is 17.6. The maximum atomic E-state index is 13.0. The number of aryl methyl sites for hydroxylation is 2. The van der Waals surface area contributed by atoms with Gasteiger partial charge in [-0.3, -0.25) is 14.6 Å². The van der Waals surface area contributed by atoms with Gasteiger partial charge in [0.1, 0.15) is 0 Å². The van der Waals surface area contributed by atoms with Crippen LogP contribution in [0.5, 0.6) is 0 Å². The van der Waals surface area contributed by atoms with Gasteiger partial charge in [-0.05, 0) is 71.9 Å². The van der Waals surface area contributed by atoms with E-state index in [1.165, 1.54) is 27.8 Å². The van der Waals surface area contributed by atoms with Gasteiger partial charge in [-0.15, -0.1) is 0 Å². The van der Waals surface area contributed by atoms with Crippen LogP contribution in [0.3, 0.4) is 0 Å². The number of rotatable bonds is 7. The molecule has 5 heteroatoms. The van der Waals surface area contributed by atoms with Crippen LogP contribution in [0.25, 0.3) is 17.2 Å². The monoisotopic (exact) mass is 481 g/mol. The van der Waals surface area contributed by atoms with Gasteiger partial charge in [0.05, 0.1) is 6.61 Å². The van der Waals surface area contributed by atoms with Crippen LogP contribution in [0.2, 0.25) is 0 Å². The van der Waals surface area contributed by atoms with Crippen LogP contribution in [0, 0.1) is 6.92 Å². The van der Waals surface area contributed by atoms with Crippen LogP contribution in [0.4, 0.5) is 5.69 Å². The number of aliphatic hydroxyl groups is 1. The van der Waals surface area contributed by atoms with Gasteiger partial charge in [-0.2, -0.15) is 0 Å². The summed E-state index contributed by atoms with van der Waals surface area (Å²) in [6, 6.07) is 23.4. The number of β-amino-alcohol motifs (C(OH)–C–C–N with tert-alkyl or cyclic N) is 1. The topological polar surface area (TPSA) is 55.8 Å². The molecular formula is C31H35N3O2. The van der Waals surface area contributed by atoms with Gasteiger partial charge in [0.2, 0.25) is 0 Å². The molecule has 0 bridgehead atoms. The largest absolute Gasteiger partial charge is 0.395 e. The molecule has 1 amide bonds. The summed E-state index contributed by atoms with van der Waals surface area (Å²) in [5.41, 5.74) is 8.96. The highest BCUT2D eigenvalue weighted by molar-refractivity contribution is 6.07. The molecule has 1 aliphatic heterocycles. The molecule has 3 aromatic rings. The molecule has 0 atom stereocenters. The molecule has 1 saturated heterocycles. The number of nitrogens with zero attached hydrogens (tertiary/aromatic N) is 2. The molecule has 0 radical (unpaired) electrons. The normalized spacial score (nSPS) is 16.3. The number of hydrogen-bond acceptors (Lipinski definition) is 4. The average Bonchev–Trinajstić information content (AvgIpc) is 2.91. The predicted octanol–water partition coefficient (Wildman–Crippen LogP) is 4.74. The molecule has 2 N–H and O–H groups in total. The van der Waals surface area contributed by atoms with E-state index in [4.69, 9.17) is 5.11 Å². The molecule has 0 aromatic heterocycles. The van der Waals surface area contributed by atoms with Crippen molar-refractivity contribution in [3.8, 4) is 11.1 Å². The smallest absolute Gasteiger partial charge is 0.251 e. The number of amides is 1. The Hall–Kier alpha value is -3.25. The van der Waals surface area contributed by atoms with Crippen molar-refractivity contribution in [1.82, 2.24) is 9.80 Å². The summed E-state index contributed by atoms with van der Waals surface area (Å²) >= 11 is 0. The molecule has 1 heterocycles. The average molecular weight is 482 g/mol. The third kappa shape index (κ3) is 5.93. The molecule has 5 nitrogen and oxygen atoms in total. The van der Waals surface area contributed by atoms with Crippen LogP contribution in [0.15, 0.2) is 72.3 Å². The fourth-order valence-corrected chi connectivity index (χ4v) is 5.07. The minimum absolute atomic E-state index is 0.0193. The fraction of sp³-hybridized carbons (Fsp3) is 0.323. The summed E-state index contributed by atoms with van der Waals surface area (Å²) in [6.45, 7) is 8.02. The van der Waals surface area contributed by atoms with E-state index in [2.05, 4.69) is 82.7 Å².